The molecule has 2 rings (SSSR count). The van der Waals surface area contributed by atoms with E-state index in [1.807, 2.05) is 0 Å². The molecule has 0 aliphatic rings. The number of carbonyl (C=O) groups is 2. The zero-order chi connectivity index (χ0) is 23.4. The number of anilines is 1. The molecule has 1 atom stereocenters. The molecule has 0 spiro atoms. The van der Waals surface area contributed by atoms with Gasteiger partial charge < -0.3 is 15.4 Å². The number of hydrogen-bond acceptors (Lipinski definition) is 5. The Balaban J connectivity index is 2.08. The first-order valence-electron chi connectivity index (χ1n) is 9.64. The number of benzene rings is 2. The summed E-state index contributed by atoms with van der Waals surface area (Å²) in [7, 11) is -3.50. The molecule has 0 aliphatic heterocycles. The summed E-state index contributed by atoms with van der Waals surface area (Å²) >= 11 is 0. The predicted octanol–water partition coefficient (Wildman–Crippen LogP) is 4.14. The molecule has 168 valence electrons. The Bertz CT molecular complexity index is 1080. The van der Waals surface area contributed by atoms with Gasteiger partial charge in [-0.05, 0) is 51.5 Å². The van der Waals surface area contributed by atoms with Crippen molar-refractivity contribution in [3.8, 4) is 11.1 Å². The van der Waals surface area contributed by atoms with Crippen molar-refractivity contribution < 1.29 is 27.1 Å². The van der Waals surface area contributed by atoms with E-state index < -0.39 is 39.3 Å². The third kappa shape index (κ3) is 7.36. The normalized spacial score (nSPS) is 12.7. The van der Waals surface area contributed by atoms with Crippen molar-refractivity contribution in [3.05, 3.63) is 48.3 Å². The van der Waals surface area contributed by atoms with Gasteiger partial charge in [0.05, 0.1) is 10.6 Å². The van der Waals surface area contributed by atoms with Crippen LogP contribution in [0.1, 0.15) is 34.1 Å². The highest BCUT2D eigenvalue weighted by molar-refractivity contribution is 7.90. The molecule has 1 unspecified atom stereocenters. The van der Waals surface area contributed by atoms with Crippen molar-refractivity contribution in [1.29, 1.82) is 0 Å². The number of rotatable bonds is 6. The Hall–Kier alpha value is -2.94. The fourth-order valence-corrected chi connectivity index (χ4v) is 3.76. The van der Waals surface area contributed by atoms with Gasteiger partial charge in [0.25, 0.3) is 0 Å². The molecule has 9 heteroatoms. The first-order chi connectivity index (χ1) is 14.3. The largest absolute Gasteiger partial charge is 0.444 e. The van der Waals surface area contributed by atoms with E-state index in [0.29, 0.717) is 11.1 Å². The first kappa shape index (κ1) is 24.3. The molecule has 31 heavy (non-hydrogen) atoms. The van der Waals surface area contributed by atoms with Crippen molar-refractivity contribution in [3.63, 3.8) is 0 Å². The third-order valence-electron chi connectivity index (χ3n) is 4.10. The van der Waals surface area contributed by atoms with Crippen LogP contribution in [0.25, 0.3) is 11.1 Å². The summed E-state index contributed by atoms with van der Waals surface area (Å²) in [5.41, 5.74) is 0.0376. The zero-order valence-electron chi connectivity index (χ0n) is 18.2. The summed E-state index contributed by atoms with van der Waals surface area (Å²) in [4.78, 5) is 24.1. The highest BCUT2D eigenvalue weighted by Gasteiger charge is 2.20. The number of ether oxygens (including phenoxy) is 1. The van der Waals surface area contributed by atoms with E-state index in [4.69, 9.17) is 4.74 Å². The number of hydrogen-bond donors (Lipinski definition) is 2. The first-order valence-corrected chi connectivity index (χ1v) is 11.5. The van der Waals surface area contributed by atoms with Gasteiger partial charge in [-0.1, -0.05) is 24.3 Å². The molecule has 0 saturated carbocycles. The molecular weight excluding hydrogens is 423 g/mol. The van der Waals surface area contributed by atoms with Crippen LogP contribution in [0.5, 0.6) is 0 Å². The van der Waals surface area contributed by atoms with Crippen LogP contribution in [0.3, 0.4) is 0 Å². The van der Waals surface area contributed by atoms with Crippen molar-refractivity contribution in [2.75, 3.05) is 11.6 Å². The summed E-state index contributed by atoms with van der Waals surface area (Å²) < 4.78 is 43.7. The minimum absolute atomic E-state index is 0.0462. The summed E-state index contributed by atoms with van der Waals surface area (Å²) in [5, 5.41) is 5.01. The van der Waals surface area contributed by atoms with Gasteiger partial charge in [0.1, 0.15) is 11.4 Å². The van der Waals surface area contributed by atoms with Crippen molar-refractivity contribution in [2.45, 2.75) is 50.7 Å². The Labute approximate surface area is 181 Å². The number of amides is 2. The highest BCUT2D eigenvalue weighted by Crippen LogP contribution is 2.29. The SMILES string of the molecule is CC(CC(=O)Nc1ccc(-c2ccccc2S(C)(=O)=O)cc1F)NC(=O)OC(C)(C)C. The van der Waals surface area contributed by atoms with E-state index in [9.17, 15) is 22.4 Å². The number of alkyl carbamates (subject to hydrolysis) is 1. The minimum Gasteiger partial charge on any atom is -0.444 e. The Kier molecular flexibility index (Phi) is 7.43. The Morgan fingerprint density at radius 2 is 1.77 bits per heavy atom. The average molecular weight is 451 g/mol. The van der Waals surface area contributed by atoms with E-state index in [2.05, 4.69) is 10.6 Å². The van der Waals surface area contributed by atoms with Crippen LogP contribution >= 0.6 is 0 Å². The summed E-state index contributed by atoms with van der Waals surface area (Å²) in [6.45, 7) is 6.81. The van der Waals surface area contributed by atoms with E-state index in [1.165, 1.54) is 24.3 Å². The fraction of sp³-hybridized carbons (Fsp3) is 0.364. The number of sulfone groups is 1. The van der Waals surface area contributed by atoms with Crippen molar-refractivity contribution in [2.24, 2.45) is 0 Å². The lowest BCUT2D eigenvalue weighted by atomic mass is 10.0. The van der Waals surface area contributed by atoms with Gasteiger partial charge in [0.15, 0.2) is 9.84 Å². The molecule has 0 aliphatic carbocycles. The second kappa shape index (κ2) is 9.47. The molecular formula is C22H27FN2O5S. The average Bonchev–Trinajstić information content (AvgIpc) is 2.60. The van der Waals surface area contributed by atoms with Crippen molar-refractivity contribution >= 4 is 27.5 Å². The van der Waals surface area contributed by atoms with Crippen LogP contribution in [-0.4, -0.2) is 38.3 Å². The lowest BCUT2D eigenvalue weighted by Gasteiger charge is -2.21. The maximum Gasteiger partial charge on any atom is 0.407 e. The predicted molar refractivity (Wildman–Crippen MR) is 117 cm³/mol. The van der Waals surface area contributed by atoms with Crippen LogP contribution in [-0.2, 0) is 19.4 Å². The lowest BCUT2D eigenvalue weighted by Crippen LogP contribution is -2.39. The van der Waals surface area contributed by atoms with Gasteiger partial charge in [-0.3, -0.25) is 4.79 Å². The van der Waals surface area contributed by atoms with Crippen LogP contribution in [0.2, 0.25) is 0 Å². The molecule has 2 amide bonds. The van der Waals surface area contributed by atoms with E-state index >= 15 is 0 Å². The highest BCUT2D eigenvalue weighted by atomic mass is 32.2. The number of halogens is 1. The third-order valence-corrected chi connectivity index (χ3v) is 5.25. The molecule has 0 bridgehead atoms. The van der Waals surface area contributed by atoms with Crippen molar-refractivity contribution in [1.82, 2.24) is 5.32 Å². The van der Waals surface area contributed by atoms with E-state index in [-0.39, 0.29) is 17.0 Å². The van der Waals surface area contributed by atoms with Gasteiger partial charge in [0.2, 0.25) is 5.91 Å². The van der Waals surface area contributed by atoms with Crippen LogP contribution in [0.15, 0.2) is 47.4 Å². The van der Waals surface area contributed by atoms with Gasteiger partial charge in [-0.15, -0.1) is 0 Å². The topological polar surface area (TPSA) is 102 Å². The Morgan fingerprint density at radius 3 is 2.35 bits per heavy atom. The summed E-state index contributed by atoms with van der Waals surface area (Å²) in [6.07, 6.45) is 0.355. The second-order valence-electron chi connectivity index (χ2n) is 8.26. The van der Waals surface area contributed by atoms with Crippen LogP contribution in [0.4, 0.5) is 14.9 Å². The molecule has 2 N–H and O–H groups in total. The van der Waals surface area contributed by atoms with Gasteiger partial charge >= 0.3 is 6.09 Å². The molecule has 0 radical (unpaired) electrons. The monoisotopic (exact) mass is 450 g/mol. The quantitative estimate of drug-likeness (QED) is 0.689. The summed E-state index contributed by atoms with van der Waals surface area (Å²) in [6, 6.07) is 9.85. The molecule has 2 aromatic rings. The van der Waals surface area contributed by atoms with Gasteiger partial charge in [0, 0.05) is 24.3 Å². The molecule has 0 aromatic heterocycles. The standard InChI is InChI=1S/C22H27FN2O5S/c1-14(24-21(27)30-22(2,3)4)12-20(26)25-18-11-10-15(13-17(18)23)16-8-6-7-9-19(16)31(5,28)29/h6-11,13-14H,12H2,1-5H3,(H,24,27)(H,25,26). The minimum atomic E-state index is -3.50. The molecule has 7 nitrogen and oxygen atoms in total. The van der Waals surface area contributed by atoms with Crippen LogP contribution < -0.4 is 10.6 Å². The van der Waals surface area contributed by atoms with Crippen LogP contribution in [0, 0.1) is 5.82 Å². The number of carbonyl (C=O) groups excluding carboxylic acids is 2. The summed E-state index contributed by atoms with van der Waals surface area (Å²) in [5.74, 6) is -1.20. The molecule has 2 aromatic carbocycles. The lowest BCUT2D eigenvalue weighted by molar-refractivity contribution is -0.116. The smallest absolute Gasteiger partial charge is 0.407 e. The fourth-order valence-electron chi connectivity index (χ4n) is 2.85. The van der Waals surface area contributed by atoms with Gasteiger partial charge in [-0.25, -0.2) is 17.6 Å². The molecule has 0 heterocycles. The van der Waals surface area contributed by atoms with Gasteiger partial charge in [-0.2, -0.15) is 0 Å². The maximum atomic E-state index is 14.6. The molecule has 0 fully saturated rings. The second-order valence-corrected chi connectivity index (χ2v) is 10.2. The van der Waals surface area contributed by atoms with E-state index in [0.717, 1.165) is 6.26 Å². The number of nitrogens with one attached hydrogen (secondary N) is 2. The Morgan fingerprint density at radius 1 is 1.13 bits per heavy atom. The molecule has 0 saturated heterocycles. The zero-order valence-corrected chi connectivity index (χ0v) is 19.0. The maximum absolute atomic E-state index is 14.6. The van der Waals surface area contributed by atoms with E-state index in [1.54, 1.807) is 45.9 Å².